The van der Waals surface area contributed by atoms with Gasteiger partial charge in [0.1, 0.15) is 10.7 Å². The number of halogens is 1. The molecule has 0 unspecified atom stereocenters. The zero-order chi connectivity index (χ0) is 13.0. The van der Waals surface area contributed by atoms with Crippen molar-refractivity contribution in [2.24, 2.45) is 0 Å². The molecule has 2 rings (SSSR count). The van der Waals surface area contributed by atoms with E-state index in [-0.39, 0.29) is 11.1 Å². The lowest BCUT2D eigenvalue weighted by atomic mass is 9.82. The third-order valence-corrected chi connectivity index (χ3v) is 3.58. The highest BCUT2D eigenvalue weighted by atomic mass is 35.5. The smallest absolute Gasteiger partial charge is 0.255 e. The van der Waals surface area contributed by atoms with Crippen molar-refractivity contribution in [1.82, 2.24) is 10.3 Å². The minimum Gasteiger partial charge on any atom is -0.334 e. The number of carbonyl (C=O) groups excluding carboxylic acids is 1. The third-order valence-electron chi connectivity index (χ3n) is 3.28. The Labute approximate surface area is 111 Å². The van der Waals surface area contributed by atoms with Gasteiger partial charge in [0.25, 0.3) is 5.91 Å². The van der Waals surface area contributed by atoms with Crippen LogP contribution >= 0.6 is 11.6 Å². The molecule has 1 amide bonds. The molecule has 1 aliphatic carbocycles. The number of aromatic nitrogens is 1. The number of nitriles is 1. The van der Waals surface area contributed by atoms with Gasteiger partial charge in [-0.15, -0.1) is 0 Å². The second-order valence-corrected chi connectivity index (χ2v) is 4.91. The second-order valence-electron chi connectivity index (χ2n) is 4.55. The number of hydrogen-bond acceptors (Lipinski definition) is 3. The molecule has 18 heavy (non-hydrogen) atoms. The van der Waals surface area contributed by atoms with Gasteiger partial charge in [0.2, 0.25) is 0 Å². The van der Waals surface area contributed by atoms with Crippen molar-refractivity contribution in [1.29, 1.82) is 5.26 Å². The predicted octanol–water partition coefficient (Wildman–Crippen LogP) is 2.69. The lowest BCUT2D eigenvalue weighted by Crippen LogP contribution is -2.48. The molecule has 0 aromatic carbocycles. The van der Waals surface area contributed by atoms with Gasteiger partial charge in [-0.2, -0.15) is 5.26 Å². The van der Waals surface area contributed by atoms with E-state index in [0.29, 0.717) is 18.4 Å². The zero-order valence-electron chi connectivity index (χ0n) is 9.95. The Morgan fingerprint density at radius 1 is 1.44 bits per heavy atom. The number of hydrogen-bond donors (Lipinski definition) is 1. The van der Waals surface area contributed by atoms with E-state index in [4.69, 9.17) is 11.6 Å². The van der Waals surface area contributed by atoms with Crippen LogP contribution in [0, 0.1) is 11.3 Å². The minimum absolute atomic E-state index is 0.166. The molecule has 1 aromatic heterocycles. The van der Waals surface area contributed by atoms with E-state index in [2.05, 4.69) is 16.4 Å². The van der Waals surface area contributed by atoms with Crippen LogP contribution in [-0.4, -0.2) is 16.4 Å². The van der Waals surface area contributed by atoms with E-state index < -0.39 is 5.54 Å². The summed E-state index contributed by atoms with van der Waals surface area (Å²) in [5, 5.41) is 12.3. The van der Waals surface area contributed by atoms with Gasteiger partial charge in [0.05, 0.1) is 11.6 Å². The van der Waals surface area contributed by atoms with Crippen molar-refractivity contribution in [3.63, 3.8) is 0 Å². The molecule has 0 saturated heterocycles. The standard InChI is InChI=1S/C13H14ClN3O/c14-11-10(5-4-8-16-11)12(18)17-13(9-15)6-2-1-3-7-13/h4-5,8H,1-3,6-7H2,(H,17,18). The van der Waals surface area contributed by atoms with Crippen molar-refractivity contribution >= 4 is 17.5 Å². The maximum atomic E-state index is 12.1. The van der Waals surface area contributed by atoms with Gasteiger partial charge >= 0.3 is 0 Å². The number of amides is 1. The molecule has 1 saturated carbocycles. The highest BCUT2D eigenvalue weighted by molar-refractivity contribution is 6.32. The van der Waals surface area contributed by atoms with Crippen LogP contribution in [0.1, 0.15) is 42.5 Å². The Morgan fingerprint density at radius 3 is 2.78 bits per heavy atom. The van der Waals surface area contributed by atoms with Crippen LogP contribution in [0.3, 0.4) is 0 Å². The van der Waals surface area contributed by atoms with E-state index >= 15 is 0 Å². The van der Waals surface area contributed by atoms with Gasteiger partial charge in [-0.3, -0.25) is 4.79 Å². The first kappa shape index (κ1) is 12.8. The van der Waals surface area contributed by atoms with Gasteiger partial charge in [0.15, 0.2) is 0 Å². The molecule has 0 bridgehead atoms. The number of nitrogens with one attached hydrogen (secondary N) is 1. The fourth-order valence-corrected chi connectivity index (χ4v) is 2.47. The van der Waals surface area contributed by atoms with Crippen molar-refractivity contribution in [2.75, 3.05) is 0 Å². The summed E-state index contributed by atoms with van der Waals surface area (Å²) in [5.74, 6) is -0.323. The van der Waals surface area contributed by atoms with Crippen LogP contribution in [0.25, 0.3) is 0 Å². The van der Waals surface area contributed by atoms with Crippen LogP contribution in [-0.2, 0) is 0 Å². The summed E-state index contributed by atoms with van der Waals surface area (Å²) in [6.45, 7) is 0. The fraction of sp³-hybridized carbons (Fsp3) is 0.462. The van der Waals surface area contributed by atoms with E-state index in [1.165, 1.54) is 6.20 Å². The normalized spacial score (nSPS) is 17.8. The van der Waals surface area contributed by atoms with E-state index in [1.807, 2.05) is 0 Å². The topological polar surface area (TPSA) is 65.8 Å². The molecule has 0 radical (unpaired) electrons. The zero-order valence-corrected chi connectivity index (χ0v) is 10.7. The molecule has 94 valence electrons. The maximum Gasteiger partial charge on any atom is 0.255 e. The molecule has 1 fully saturated rings. The SMILES string of the molecule is N#CC1(NC(=O)c2cccnc2Cl)CCCCC1. The quantitative estimate of drug-likeness (QED) is 0.835. The average Bonchev–Trinajstić information content (AvgIpc) is 2.40. The average molecular weight is 264 g/mol. The fourth-order valence-electron chi connectivity index (χ4n) is 2.26. The summed E-state index contributed by atoms with van der Waals surface area (Å²) in [4.78, 5) is 16.0. The maximum absolute atomic E-state index is 12.1. The van der Waals surface area contributed by atoms with E-state index in [9.17, 15) is 10.1 Å². The molecule has 1 aromatic rings. The Morgan fingerprint density at radius 2 is 2.17 bits per heavy atom. The summed E-state index contributed by atoms with van der Waals surface area (Å²) in [5.41, 5.74) is -0.423. The lowest BCUT2D eigenvalue weighted by Gasteiger charge is -2.31. The Hall–Kier alpha value is -1.60. The van der Waals surface area contributed by atoms with Crippen molar-refractivity contribution in [3.8, 4) is 6.07 Å². The molecule has 0 atom stereocenters. The Kier molecular flexibility index (Phi) is 3.83. The summed E-state index contributed by atoms with van der Waals surface area (Å²) in [6.07, 6.45) is 5.98. The van der Waals surface area contributed by atoms with Gasteiger partial charge in [-0.25, -0.2) is 4.98 Å². The van der Waals surface area contributed by atoms with Gasteiger partial charge in [-0.05, 0) is 25.0 Å². The molecule has 0 spiro atoms. The first-order chi connectivity index (χ1) is 8.67. The van der Waals surface area contributed by atoms with Crippen LogP contribution in [0.5, 0.6) is 0 Å². The molecular weight excluding hydrogens is 250 g/mol. The van der Waals surface area contributed by atoms with Crippen LogP contribution in [0.2, 0.25) is 5.15 Å². The highest BCUT2D eigenvalue weighted by Gasteiger charge is 2.34. The minimum atomic E-state index is -0.742. The van der Waals surface area contributed by atoms with Crippen molar-refractivity contribution < 1.29 is 4.79 Å². The molecule has 1 heterocycles. The first-order valence-electron chi connectivity index (χ1n) is 6.01. The summed E-state index contributed by atoms with van der Waals surface area (Å²) < 4.78 is 0. The van der Waals surface area contributed by atoms with Gasteiger partial charge in [-0.1, -0.05) is 30.9 Å². The molecular formula is C13H14ClN3O. The van der Waals surface area contributed by atoms with Crippen LogP contribution in [0.4, 0.5) is 0 Å². The third kappa shape index (κ3) is 2.62. The lowest BCUT2D eigenvalue weighted by molar-refractivity contribution is 0.0902. The monoisotopic (exact) mass is 263 g/mol. The van der Waals surface area contributed by atoms with Crippen molar-refractivity contribution in [2.45, 2.75) is 37.6 Å². The largest absolute Gasteiger partial charge is 0.334 e. The number of nitrogens with zero attached hydrogens (tertiary/aromatic N) is 2. The van der Waals surface area contributed by atoms with Crippen LogP contribution in [0.15, 0.2) is 18.3 Å². The first-order valence-corrected chi connectivity index (χ1v) is 6.39. The van der Waals surface area contributed by atoms with Gasteiger partial charge in [0, 0.05) is 6.20 Å². The van der Waals surface area contributed by atoms with Crippen molar-refractivity contribution in [3.05, 3.63) is 29.0 Å². The summed E-state index contributed by atoms with van der Waals surface area (Å²) in [6, 6.07) is 5.51. The molecule has 1 aliphatic rings. The Balaban J connectivity index is 2.16. The van der Waals surface area contributed by atoms with Gasteiger partial charge < -0.3 is 5.32 Å². The predicted molar refractivity (Wildman–Crippen MR) is 68.1 cm³/mol. The number of carbonyl (C=O) groups is 1. The summed E-state index contributed by atoms with van der Waals surface area (Å²) >= 11 is 5.87. The number of rotatable bonds is 2. The van der Waals surface area contributed by atoms with E-state index in [0.717, 1.165) is 19.3 Å². The molecule has 5 heteroatoms. The van der Waals surface area contributed by atoms with Crippen LogP contribution < -0.4 is 5.32 Å². The molecule has 4 nitrogen and oxygen atoms in total. The molecule has 1 N–H and O–H groups in total. The summed E-state index contributed by atoms with van der Waals surface area (Å²) in [7, 11) is 0. The molecule has 0 aliphatic heterocycles. The number of pyridine rings is 1. The Bertz CT molecular complexity index is 489. The highest BCUT2D eigenvalue weighted by Crippen LogP contribution is 2.28. The van der Waals surface area contributed by atoms with E-state index in [1.54, 1.807) is 12.1 Å². The second kappa shape index (κ2) is 5.36.